The van der Waals surface area contributed by atoms with Crippen molar-refractivity contribution in [3.05, 3.63) is 41.0 Å². The fourth-order valence-corrected chi connectivity index (χ4v) is 5.23. The third-order valence-electron chi connectivity index (χ3n) is 5.94. The Labute approximate surface area is 216 Å². The number of hydrogen-bond donors (Lipinski definition) is 0. The maximum absolute atomic E-state index is 13.9. The number of fused-ring (bicyclic) bond motifs is 1. The van der Waals surface area contributed by atoms with Crippen LogP contribution < -0.4 is 19.1 Å². The number of methoxy groups -OCH3 is 3. The van der Waals surface area contributed by atoms with Crippen LogP contribution in [0.5, 0.6) is 17.2 Å². The first-order valence-corrected chi connectivity index (χ1v) is 12.1. The van der Waals surface area contributed by atoms with Crippen LogP contribution in [0, 0.1) is 13.8 Å². The second kappa shape index (κ2) is 11.9. The SMILES string of the molecule is COc1cc(C(=O)N(CCN2CCOCC2)c2nc3cc(C)cc(C)c3s2)cc(OC)c1OC.Cl. The van der Waals surface area contributed by atoms with Crippen LogP contribution >= 0.6 is 23.7 Å². The molecule has 8 nitrogen and oxygen atoms in total. The number of carbonyl (C=O) groups is 1. The minimum atomic E-state index is -0.166. The summed E-state index contributed by atoms with van der Waals surface area (Å²) in [4.78, 5) is 22.8. The number of nitrogens with zero attached hydrogens (tertiary/aromatic N) is 3. The molecule has 1 aromatic heterocycles. The summed E-state index contributed by atoms with van der Waals surface area (Å²) in [6, 6.07) is 7.58. The van der Waals surface area contributed by atoms with Crippen LogP contribution in [0.15, 0.2) is 24.3 Å². The molecule has 190 valence electrons. The maximum atomic E-state index is 13.9. The number of carbonyl (C=O) groups excluding carboxylic acids is 1. The summed E-state index contributed by atoms with van der Waals surface area (Å²) in [5.74, 6) is 1.16. The Kier molecular flexibility index (Phi) is 9.18. The van der Waals surface area contributed by atoms with Crippen molar-refractivity contribution in [2.75, 3.05) is 65.6 Å². The lowest BCUT2D eigenvalue weighted by Crippen LogP contribution is -2.43. The molecule has 2 heterocycles. The third kappa shape index (κ3) is 5.81. The van der Waals surface area contributed by atoms with E-state index in [0.717, 1.165) is 41.0 Å². The molecule has 1 aliphatic rings. The van der Waals surface area contributed by atoms with Gasteiger partial charge in [0.15, 0.2) is 16.6 Å². The average Bonchev–Trinajstić information content (AvgIpc) is 3.27. The van der Waals surface area contributed by atoms with E-state index in [-0.39, 0.29) is 18.3 Å². The number of benzene rings is 2. The number of halogens is 1. The quantitative estimate of drug-likeness (QED) is 0.436. The van der Waals surface area contributed by atoms with Crippen LogP contribution in [0.2, 0.25) is 0 Å². The Balaban J connectivity index is 0.00000342. The number of thiazole rings is 1. The number of hydrogen-bond acceptors (Lipinski definition) is 8. The molecular formula is C25H32ClN3O5S. The molecule has 3 aromatic rings. The molecule has 0 unspecified atom stereocenters. The number of aryl methyl sites for hydroxylation is 2. The van der Waals surface area contributed by atoms with Gasteiger partial charge in [-0.15, -0.1) is 12.4 Å². The fourth-order valence-electron chi connectivity index (χ4n) is 4.19. The van der Waals surface area contributed by atoms with Crippen molar-refractivity contribution in [1.29, 1.82) is 0 Å². The van der Waals surface area contributed by atoms with Gasteiger partial charge in [0.2, 0.25) is 5.75 Å². The average molecular weight is 522 g/mol. The van der Waals surface area contributed by atoms with Gasteiger partial charge in [-0.2, -0.15) is 0 Å². The predicted octanol–water partition coefficient (Wildman–Crippen LogP) is 4.34. The van der Waals surface area contributed by atoms with E-state index in [9.17, 15) is 4.79 Å². The lowest BCUT2D eigenvalue weighted by molar-refractivity contribution is 0.0391. The largest absolute Gasteiger partial charge is 0.493 e. The van der Waals surface area contributed by atoms with Gasteiger partial charge in [-0.25, -0.2) is 4.98 Å². The van der Waals surface area contributed by atoms with Crippen molar-refractivity contribution in [2.45, 2.75) is 13.8 Å². The van der Waals surface area contributed by atoms with E-state index < -0.39 is 0 Å². The molecule has 1 aliphatic heterocycles. The van der Waals surface area contributed by atoms with E-state index >= 15 is 0 Å². The first-order chi connectivity index (χ1) is 16.4. The first-order valence-electron chi connectivity index (χ1n) is 11.2. The molecule has 0 saturated carbocycles. The number of anilines is 1. The molecule has 10 heteroatoms. The highest BCUT2D eigenvalue weighted by Gasteiger charge is 2.26. The van der Waals surface area contributed by atoms with Gasteiger partial charge in [0.1, 0.15) is 0 Å². The highest BCUT2D eigenvalue weighted by Crippen LogP contribution is 2.39. The lowest BCUT2D eigenvalue weighted by atomic mass is 10.1. The van der Waals surface area contributed by atoms with Crippen molar-refractivity contribution in [2.24, 2.45) is 0 Å². The molecular weight excluding hydrogens is 490 g/mol. The van der Waals surface area contributed by atoms with Gasteiger partial charge >= 0.3 is 0 Å². The zero-order valence-corrected chi connectivity index (χ0v) is 22.4. The van der Waals surface area contributed by atoms with Crippen molar-refractivity contribution in [1.82, 2.24) is 9.88 Å². The maximum Gasteiger partial charge on any atom is 0.260 e. The summed E-state index contributed by atoms with van der Waals surface area (Å²) in [5.41, 5.74) is 3.67. The van der Waals surface area contributed by atoms with E-state index in [0.29, 0.717) is 47.7 Å². The van der Waals surface area contributed by atoms with Crippen LogP contribution in [-0.2, 0) is 4.74 Å². The molecule has 35 heavy (non-hydrogen) atoms. The Morgan fingerprint density at radius 1 is 1.06 bits per heavy atom. The summed E-state index contributed by atoms with van der Waals surface area (Å²) in [6.07, 6.45) is 0. The number of rotatable bonds is 8. The van der Waals surface area contributed by atoms with E-state index in [2.05, 4.69) is 30.9 Å². The minimum Gasteiger partial charge on any atom is -0.493 e. The van der Waals surface area contributed by atoms with Gasteiger partial charge in [-0.05, 0) is 43.2 Å². The van der Waals surface area contributed by atoms with Crippen molar-refractivity contribution in [3.63, 3.8) is 0 Å². The number of ether oxygens (including phenoxy) is 4. The van der Waals surface area contributed by atoms with Gasteiger partial charge < -0.3 is 18.9 Å². The smallest absolute Gasteiger partial charge is 0.260 e. The summed E-state index contributed by atoms with van der Waals surface area (Å²) in [6.45, 7) is 8.50. The predicted molar refractivity (Wildman–Crippen MR) is 141 cm³/mol. The molecule has 0 N–H and O–H groups in total. The highest BCUT2D eigenvalue weighted by molar-refractivity contribution is 7.22. The summed E-state index contributed by atoms with van der Waals surface area (Å²) in [7, 11) is 4.63. The Hall–Kier alpha value is -2.59. The lowest BCUT2D eigenvalue weighted by Gasteiger charge is -2.29. The zero-order chi connectivity index (χ0) is 24.2. The molecule has 1 amide bonds. The molecule has 0 radical (unpaired) electrons. The monoisotopic (exact) mass is 521 g/mol. The second-order valence-electron chi connectivity index (χ2n) is 8.25. The van der Waals surface area contributed by atoms with Gasteiger partial charge in [0.25, 0.3) is 5.91 Å². The van der Waals surface area contributed by atoms with Crippen molar-refractivity contribution < 1.29 is 23.7 Å². The zero-order valence-electron chi connectivity index (χ0n) is 20.8. The molecule has 0 aliphatic carbocycles. The molecule has 4 rings (SSSR count). The van der Waals surface area contributed by atoms with E-state index in [4.69, 9.17) is 23.9 Å². The normalized spacial score (nSPS) is 13.9. The fraction of sp³-hybridized carbons (Fsp3) is 0.440. The third-order valence-corrected chi connectivity index (χ3v) is 7.17. The van der Waals surface area contributed by atoms with Gasteiger partial charge in [-0.1, -0.05) is 17.4 Å². The summed E-state index contributed by atoms with van der Waals surface area (Å²) in [5, 5.41) is 0.677. The van der Waals surface area contributed by atoms with Crippen LogP contribution in [-0.4, -0.2) is 76.5 Å². The van der Waals surface area contributed by atoms with E-state index in [1.807, 2.05) is 0 Å². The number of aromatic nitrogens is 1. The molecule has 1 saturated heterocycles. The van der Waals surface area contributed by atoms with E-state index in [1.165, 1.54) is 0 Å². The standard InChI is InChI=1S/C25H31N3O5S.ClH/c1-16-12-17(2)23-19(13-16)26-25(34-23)28(7-6-27-8-10-33-11-9-27)24(29)18-14-20(30-3)22(32-5)21(15-18)31-4;/h12-15H,6-11H2,1-5H3;1H. The molecule has 0 atom stereocenters. The number of amides is 1. The Morgan fingerprint density at radius 2 is 1.71 bits per heavy atom. The van der Waals surface area contributed by atoms with Gasteiger partial charge in [-0.3, -0.25) is 14.6 Å². The Bertz CT molecular complexity index is 1150. The van der Waals surface area contributed by atoms with Gasteiger partial charge in [0.05, 0.1) is 44.8 Å². The van der Waals surface area contributed by atoms with Crippen molar-refractivity contribution >= 4 is 45.0 Å². The van der Waals surface area contributed by atoms with Crippen LogP contribution in [0.25, 0.3) is 10.2 Å². The summed E-state index contributed by atoms with van der Waals surface area (Å²) < 4.78 is 22.9. The topological polar surface area (TPSA) is 73.4 Å². The van der Waals surface area contributed by atoms with Crippen LogP contribution in [0.3, 0.4) is 0 Å². The molecule has 1 fully saturated rings. The molecule has 0 bridgehead atoms. The van der Waals surface area contributed by atoms with Gasteiger partial charge in [0, 0.05) is 31.7 Å². The number of morpholine rings is 1. The Morgan fingerprint density at radius 3 is 2.31 bits per heavy atom. The minimum absolute atomic E-state index is 0. The molecule has 2 aromatic carbocycles. The first kappa shape index (κ1) is 27.0. The molecule has 0 spiro atoms. The van der Waals surface area contributed by atoms with Crippen LogP contribution in [0.4, 0.5) is 5.13 Å². The van der Waals surface area contributed by atoms with Crippen LogP contribution in [0.1, 0.15) is 21.5 Å². The van der Waals surface area contributed by atoms with E-state index in [1.54, 1.807) is 49.7 Å². The highest BCUT2D eigenvalue weighted by atomic mass is 35.5. The second-order valence-corrected chi connectivity index (χ2v) is 9.23. The summed E-state index contributed by atoms with van der Waals surface area (Å²) >= 11 is 1.54. The van der Waals surface area contributed by atoms with Crippen molar-refractivity contribution in [3.8, 4) is 17.2 Å².